The molecule has 10 rings (SSSR count). The van der Waals surface area contributed by atoms with Gasteiger partial charge in [0.05, 0.1) is 11.0 Å². The van der Waals surface area contributed by atoms with Crippen LogP contribution in [0.5, 0.6) is 11.5 Å². The van der Waals surface area contributed by atoms with Crippen molar-refractivity contribution in [3.63, 3.8) is 0 Å². The molecule has 0 radical (unpaired) electrons. The van der Waals surface area contributed by atoms with E-state index in [0.29, 0.717) is 0 Å². The first-order valence-electron chi connectivity index (χ1n) is 18.9. The number of rotatable bonds is 5. The lowest BCUT2D eigenvalue weighted by Gasteiger charge is -2.20. The number of hydrogen-bond acceptors (Lipinski definition) is 3. The normalized spacial score (nSPS) is 12.2. The van der Waals surface area contributed by atoms with Crippen LogP contribution in [0.25, 0.3) is 70.2 Å². The van der Waals surface area contributed by atoms with Crippen molar-refractivity contribution >= 4 is 64.3 Å². The highest BCUT2D eigenvalue weighted by molar-refractivity contribution is 7.26. The van der Waals surface area contributed by atoms with Gasteiger partial charge in [-0.2, -0.15) is 9.13 Å². The maximum atomic E-state index is 6.76. The summed E-state index contributed by atoms with van der Waals surface area (Å²) in [6.07, 6.45) is 4.14. The van der Waals surface area contributed by atoms with E-state index in [-0.39, 0.29) is 5.41 Å². The number of fused-ring (bicyclic) bond motifs is 8. The minimum absolute atomic E-state index is 0.0192. The van der Waals surface area contributed by atoms with Gasteiger partial charge >= 0.3 is 0 Å². The van der Waals surface area contributed by atoms with E-state index in [1.807, 2.05) is 23.6 Å². The second-order valence-electron chi connectivity index (χ2n) is 15.8. The number of pyridine rings is 1. The van der Waals surface area contributed by atoms with Crippen LogP contribution in [-0.4, -0.2) is 14.1 Å². The van der Waals surface area contributed by atoms with E-state index < -0.39 is 0 Å². The molecule has 6 heteroatoms. The summed E-state index contributed by atoms with van der Waals surface area (Å²) in [5.41, 5.74) is 11.7. The van der Waals surface area contributed by atoms with Crippen LogP contribution in [0.2, 0.25) is 0 Å². The van der Waals surface area contributed by atoms with Gasteiger partial charge in [0.25, 0.3) is 6.33 Å². The fraction of sp³-hybridized carbons (Fsp3) is 0.143. The Morgan fingerprint density at radius 3 is 2.25 bits per heavy atom. The Hall–Kier alpha value is -6.24. The maximum Gasteiger partial charge on any atom is 0.255 e. The largest absolute Gasteiger partial charge is 0.457 e. The first-order chi connectivity index (χ1) is 26.6. The first-order valence-corrected chi connectivity index (χ1v) is 19.7. The molecular formula is C49H41N4OS+. The number of ether oxygens (including phenoxy) is 1. The average molecular weight is 734 g/mol. The Kier molecular flexibility index (Phi) is 7.52. The zero-order valence-electron chi connectivity index (χ0n) is 31.9. The second kappa shape index (κ2) is 12.4. The predicted octanol–water partition coefficient (Wildman–Crippen LogP) is 12.8. The fourth-order valence-corrected chi connectivity index (χ4v) is 9.61. The molecule has 0 N–H and O–H groups in total. The standard InChI is InChI=1S/C49H41N4OS/c1-30-24-31(2)48(32(3)25-30)52-29-51(39-15-8-9-16-40(39)52)34-12-11-13-35(27-34)54-36-18-19-37-42(28-36)53(45-26-33(22-23-50-45)49(4,5)6)41-20-21-44-47(46(37)41)38-14-7-10-17-43(38)55-44/h7-29H,1-6H3/q+1. The summed E-state index contributed by atoms with van der Waals surface area (Å²) >= 11 is 1.85. The fourth-order valence-electron chi connectivity index (χ4n) is 8.50. The van der Waals surface area contributed by atoms with Crippen LogP contribution in [0.3, 0.4) is 0 Å². The van der Waals surface area contributed by atoms with Gasteiger partial charge in [-0.05, 0) is 110 Å². The molecule has 0 unspecified atom stereocenters. The van der Waals surface area contributed by atoms with E-state index in [0.717, 1.165) is 45.1 Å². The topological polar surface area (TPSA) is 35.9 Å². The molecule has 10 aromatic rings. The van der Waals surface area contributed by atoms with Gasteiger partial charge in [-0.3, -0.25) is 4.57 Å². The molecular weight excluding hydrogens is 693 g/mol. The Balaban J connectivity index is 1.12. The number of imidazole rings is 1. The van der Waals surface area contributed by atoms with E-state index in [1.165, 1.54) is 58.9 Å². The van der Waals surface area contributed by atoms with E-state index in [2.05, 4.69) is 183 Å². The zero-order valence-corrected chi connectivity index (χ0v) is 32.7. The summed E-state index contributed by atoms with van der Waals surface area (Å²) in [4.78, 5) is 4.97. The summed E-state index contributed by atoms with van der Waals surface area (Å²) in [7, 11) is 0. The quantitative estimate of drug-likeness (QED) is 0.165. The summed E-state index contributed by atoms with van der Waals surface area (Å²) < 4.78 is 16.2. The van der Waals surface area contributed by atoms with Crippen LogP contribution in [0.15, 0.2) is 140 Å². The molecule has 0 aliphatic heterocycles. The summed E-state index contributed by atoms with van der Waals surface area (Å²) in [5.74, 6) is 2.44. The van der Waals surface area contributed by atoms with Crippen molar-refractivity contribution in [3.05, 3.63) is 162 Å². The third-order valence-electron chi connectivity index (χ3n) is 10.9. The van der Waals surface area contributed by atoms with Crippen molar-refractivity contribution in [2.75, 3.05) is 0 Å². The molecule has 4 aromatic heterocycles. The van der Waals surface area contributed by atoms with E-state index in [4.69, 9.17) is 9.72 Å². The lowest BCUT2D eigenvalue weighted by Crippen LogP contribution is -2.31. The smallest absolute Gasteiger partial charge is 0.255 e. The SMILES string of the molecule is Cc1cc(C)c(-[n+]2cn(-c3cccc(Oc4ccc5c6c7c(ccc6n(-c6cc(C(C)(C)C)ccn6)c5c4)sc4ccccc47)c3)c3ccccc32)c(C)c1. The van der Waals surface area contributed by atoms with Gasteiger partial charge in [-0.15, -0.1) is 11.3 Å². The monoisotopic (exact) mass is 733 g/mol. The van der Waals surface area contributed by atoms with Crippen LogP contribution in [0, 0.1) is 20.8 Å². The minimum Gasteiger partial charge on any atom is -0.457 e. The molecule has 0 bridgehead atoms. The van der Waals surface area contributed by atoms with Gasteiger partial charge < -0.3 is 4.74 Å². The summed E-state index contributed by atoms with van der Waals surface area (Å²) in [6.45, 7) is 13.3. The number of aromatic nitrogens is 4. The van der Waals surface area contributed by atoms with Crippen LogP contribution in [0.4, 0.5) is 0 Å². The Morgan fingerprint density at radius 2 is 1.42 bits per heavy atom. The van der Waals surface area contributed by atoms with Gasteiger partial charge in [0.1, 0.15) is 28.7 Å². The van der Waals surface area contributed by atoms with E-state index >= 15 is 0 Å². The number of thiophene rings is 1. The van der Waals surface area contributed by atoms with Crippen LogP contribution < -0.4 is 9.30 Å². The highest BCUT2D eigenvalue weighted by Crippen LogP contribution is 2.44. The van der Waals surface area contributed by atoms with Crippen LogP contribution in [-0.2, 0) is 5.41 Å². The van der Waals surface area contributed by atoms with Gasteiger partial charge in [0, 0.05) is 49.3 Å². The van der Waals surface area contributed by atoms with Crippen molar-refractivity contribution in [1.82, 2.24) is 14.1 Å². The molecule has 0 amide bonds. The molecule has 0 aliphatic carbocycles. The average Bonchev–Trinajstić information content (AvgIpc) is 3.84. The minimum atomic E-state index is -0.0192. The molecule has 4 heterocycles. The molecule has 6 aromatic carbocycles. The highest BCUT2D eigenvalue weighted by Gasteiger charge is 2.23. The van der Waals surface area contributed by atoms with Crippen molar-refractivity contribution in [2.24, 2.45) is 0 Å². The summed E-state index contributed by atoms with van der Waals surface area (Å²) in [6, 6.07) is 45.6. The van der Waals surface area contributed by atoms with Gasteiger partial charge in [-0.1, -0.05) is 74.9 Å². The third-order valence-corrected chi connectivity index (χ3v) is 12.1. The van der Waals surface area contributed by atoms with Crippen molar-refractivity contribution in [2.45, 2.75) is 47.0 Å². The van der Waals surface area contributed by atoms with Gasteiger partial charge in [0.2, 0.25) is 0 Å². The Morgan fingerprint density at radius 1 is 0.636 bits per heavy atom. The molecule has 0 aliphatic rings. The number of para-hydroxylation sites is 2. The predicted molar refractivity (Wildman–Crippen MR) is 229 cm³/mol. The van der Waals surface area contributed by atoms with Gasteiger partial charge in [-0.25, -0.2) is 4.98 Å². The second-order valence-corrected chi connectivity index (χ2v) is 16.9. The zero-order chi connectivity index (χ0) is 37.6. The Bertz CT molecular complexity index is 3130. The van der Waals surface area contributed by atoms with Crippen molar-refractivity contribution < 1.29 is 9.30 Å². The number of hydrogen-bond donors (Lipinski definition) is 0. The van der Waals surface area contributed by atoms with Crippen LogP contribution in [0.1, 0.15) is 43.0 Å². The molecule has 0 saturated carbocycles. The highest BCUT2D eigenvalue weighted by atomic mass is 32.1. The van der Waals surface area contributed by atoms with Crippen molar-refractivity contribution in [1.29, 1.82) is 0 Å². The lowest BCUT2D eigenvalue weighted by atomic mass is 9.88. The number of benzene rings is 6. The molecule has 0 fully saturated rings. The molecule has 268 valence electrons. The number of nitrogens with zero attached hydrogens (tertiary/aromatic N) is 4. The van der Waals surface area contributed by atoms with Crippen LogP contribution >= 0.6 is 11.3 Å². The Labute approximate surface area is 324 Å². The molecule has 0 spiro atoms. The third kappa shape index (κ3) is 5.43. The molecule has 55 heavy (non-hydrogen) atoms. The maximum absolute atomic E-state index is 6.76. The van der Waals surface area contributed by atoms with E-state index in [9.17, 15) is 0 Å². The summed E-state index contributed by atoms with van der Waals surface area (Å²) in [5, 5.41) is 5.00. The molecule has 0 saturated heterocycles. The lowest BCUT2D eigenvalue weighted by molar-refractivity contribution is -0.568. The van der Waals surface area contributed by atoms with Gasteiger partial charge in [0.15, 0.2) is 11.0 Å². The van der Waals surface area contributed by atoms with Crippen molar-refractivity contribution in [3.8, 4) is 28.7 Å². The van der Waals surface area contributed by atoms with E-state index in [1.54, 1.807) is 0 Å². The first kappa shape index (κ1) is 33.3. The number of aryl methyl sites for hydroxylation is 3. The molecule has 5 nitrogen and oxygen atoms in total. The molecule has 0 atom stereocenters.